The van der Waals surface area contributed by atoms with Crippen LogP contribution < -0.4 is 10.1 Å². The van der Waals surface area contributed by atoms with Crippen molar-refractivity contribution in [2.24, 2.45) is 5.41 Å². The van der Waals surface area contributed by atoms with Crippen LogP contribution in [-0.4, -0.2) is 26.9 Å². The van der Waals surface area contributed by atoms with Gasteiger partial charge in [0.1, 0.15) is 5.75 Å². The number of rotatable bonds is 5. The molecule has 1 heterocycles. The molecule has 1 N–H and O–H groups in total. The Bertz CT molecular complexity index is 417. The van der Waals surface area contributed by atoms with E-state index in [0.717, 1.165) is 44.9 Å². The Balaban J connectivity index is 1.83. The van der Waals surface area contributed by atoms with Crippen molar-refractivity contribution in [1.82, 2.24) is 5.32 Å². The van der Waals surface area contributed by atoms with Crippen LogP contribution in [0, 0.1) is 5.41 Å². The van der Waals surface area contributed by atoms with Gasteiger partial charge in [-0.2, -0.15) is 0 Å². The molecule has 0 aromatic heterocycles. The van der Waals surface area contributed by atoms with Gasteiger partial charge < -0.3 is 14.8 Å². The maximum atomic E-state index is 6.12. The van der Waals surface area contributed by atoms with E-state index >= 15 is 0 Å². The fourth-order valence-corrected chi connectivity index (χ4v) is 2.65. The first-order valence-electron chi connectivity index (χ1n) is 6.74. The van der Waals surface area contributed by atoms with Crippen LogP contribution >= 0.6 is 11.6 Å². The fourth-order valence-electron chi connectivity index (χ4n) is 2.37. The van der Waals surface area contributed by atoms with Gasteiger partial charge in [-0.05, 0) is 36.0 Å². The summed E-state index contributed by atoms with van der Waals surface area (Å²) in [6.45, 7) is 5.93. The van der Waals surface area contributed by atoms with Crippen LogP contribution in [0.25, 0.3) is 0 Å². The first kappa shape index (κ1) is 14.6. The largest absolute Gasteiger partial charge is 0.495 e. The maximum Gasteiger partial charge on any atom is 0.137 e. The van der Waals surface area contributed by atoms with E-state index in [9.17, 15) is 0 Å². The third-order valence-electron chi connectivity index (χ3n) is 3.80. The molecule has 0 spiro atoms. The number of hydrogen-bond donors (Lipinski definition) is 1. The molecule has 1 aromatic carbocycles. The highest BCUT2D eigenvalue weighted by molar-refractivity contribution is 6.32. The van der Waals surface area contributed by atoms with Gasteiger partial charge in [-0.3, -0.25) is 0 Å². The van der Waals surface area contributed by atoms with Crippen LogP contribution in [0.15, 0.2) is 18.2 Å². The molecule has 3 nitrogen and oxygen atoms in total. The van der Waals surface area contributed by atoms with Gasteiger partial charge in [-0.25, -0.2) is 0 Å². The highest BCUT2D eigenvalue weighted by Gasteiger charge is 2.26. The van der Waals surface area contributed by atoms with E-state index in [1.54, 1.807) is 7.11 Å². The van der Waals surface area contributed by atoms with Crippen LogP contribution in [0.1, 0.15) is 25.3 Å². The highest BCUT2D eigenvalue weighted by atomic mass is 35.5. The molecule has 1 saturated heterocycles. The second kappa shape index (κ2) is 6.60. The lowest BCUT2D eigenvalue weighted by atomic mass is 9.82. The SMILES string of the molecule is COc1ccc(CNCC2(C)CCOCC2)cc1Cl. The van der Waals surface area contributed by atoms with Crippen molar-refractivity contribution in [2.45, 2.75) is 26.3 Å². The zero-order valence-electron chi connectivity index (χ0n) is 11.7. The average molecular weight is 284 g/mol. The standard InChI is InChI=1S/C15H22ClNO2/c1-15(5-7-19-8-6-15)11-17-10-12-3-4-14(18-2)13(16)9-12/h3-4,9,17H,5-8,10-11H2,1-2H3. The minimum absolute atomic E-state index is 0.356. The third-order valence-corrected chi connectivity index (χ3v) is 4.09. The van der Waals surface area contributed by atoms with Crippen molar-refractivity contribution in [3.8, 4) is 5.75 Å². The molecule has 1 aliphatic heterocycles. The van der Waals surface area contributed by atoms with Crippen molar-refractivity contribution in [2.75, 3.05) is 26.9 Å². The van der Waals surface area contributed by atoms with Gasteiger partial charge in [0, 0.05) is 26.3 Å². The van der Waals surface area contributed by atoms with E-state index in [2.05, 4.69) is 12.2 Å². The summed E-state index contributed by atoms with van der Waals surface area (Å²) in [5, 5.41) is 4.19. The van der Waals surface area contributed by atoms with Crippen molar-refractivity contribution < 1.29 is 9.47 Å². The lowest BCUT2D eigenvalue weighted by Gasteiger charge is -2.33. The van der Waals surface area contributed by atoms with Gasteiger partial charge in [-0.15, -0.1) is 0 Å². The van der Waals surface area contributed by atoms with Crippen LogP contribution in [0.5, 0.6) is 5.75 Å². The van der Waals surface area contributed by atoms with Crippen molar-refractivity contribution >= 4 is 11.6 Å². The Hall–Kier alpha value is -0.770. The molecule has 0 amide bonds. The van der Waals surface area contributed by atoms with Crippen LogP contribution in [-0.2, 0) is 11.3 Å². The topological polar surface area (TPSA) is 30.5 Å². The second-order valence-electron chi connectivity index (χ2n) is 5.50. The molecule has 19 heavy (non-hydrogen) atoms. The normalized spacial score (nSPS) is 18.3. The quantitative estimate of drug-likeness (QED) is 0.900. The number of hydrogen-bond acceptors (Lipinski definition) is 3. The number of benzene rings is 1. The fraction of sp³-hybridized carbons (Fsp3) is 0.600. The van der Waals surface area contributed by atoms with Crippen molar-refractivity contribution in [1.29, 1.82) is 0 Å². The molecule has 0 unspecified atom stereocenters. The Labute approximate surface area is 120 Å². The van der Waals surface area contributed by atoms with E-state index in [4.69, 9.17) is 21.1 Å². The number of ether oxygens (including phenoxy) is 2. The molecule has 4 heteroatoms. The molecule has 0 saturated carbocycles. The first-order chi connectivity index (χ1) is 9.13. The minimum atomic E-state index is 0.356. The van der Waals surface area contributed by atoms with E-state index in [1.807, 2.05) is 18.2 Å². The maximum absolute atomic E-state index is 6.12. The Morgan fingerprint density at radius 1 is 1.37 bits per heavy atom. The summed E-state index contributed by atoms with van der Waals surface area (Å²) in [6, 6.07) is 5.92. The molecule has 2 rings (SSSR count). The highest BCUT2D eigenvalue weighted by Crippen LogP contribution is 2.29. The van der Waals surface area contributed by atoms with Gasteiger partial charge in [0.05, 0.1) is 12.1 Å². The van der Waals surface area contributed by atoms with Gasteiger partial charge in [0.25, 0.3) is 0 Å². The Kier molecular flexibility index (Phi) is 5.08. The van der Waals surface area contributed by atoms with E-state index in [-0.39, 0.29) is 0 Å². The molecule has 106 valence electrons. The van der Waals surface area contributed by atoms with E-state index in [0.29, 0.717) is 10.4 Å². The molecule has 1 fully saturated rings. The second-order valence-corrected chi connectivity index (χ2v) is 5.90. The zero-order chi connectivity index (χ0) is 13.7. The molecule has 0 aliphatic carbocycles. The summed E-state index contributed by atoms with van der Waals surface area (Å²) >= 11 is 6.12. The molecule has 0 radical (unpaired) electrons. The van der Waals surface area contributed by atoms with Crippen LogP contribution in [0.2, 0.25) is 5.02 Å². The predicted molar refractivity (Wildman–Crippen MR) is 77.9 cm³/mol. The van der Waals surface area contributed by atoms with Crippen molar-refractivity contribution in [3.05, 3.63) is 28.8 Å². The molecule has 1 aliphatic rings. The van der Waals surface area contributed by atoms with E-state index in [1.165, 1.54) is 5.56 Å². The van der Waals surface area contributed by atoms with Gasteiger partial charge in [0.2, 0.25) is 0 Å². The lowest BCUT2D eigenvalue weighted by molar-refractivity contribution is 0.0240. The predicted octanol–water partition coefficient (Wildman–Crippen LogP) is 3.25. The molecule has 0 atom stereocenters. The van der Waals surface area contributed by atoms with Gasteiger partial charge in [-0.1, -0.05) is 24.6 Å². The summed E-state index contributed by atoms with van der Waals surface area (Å²) in [4.78, 5) is 0. The number of nitrogens with one attached hydrogen (secondary N) is 1. The first-order valence-corrected chi connectivity index (χ1v) is 7.12. The smallest absolute Gasteiger partial charge is 0.137 e. The molecular weight excluding hydrogens is 262 g/mol. The van der Waals surface area contributed by atoms with Crippen LogP contribution in [0.4, 0.5) is 0 Å². The zero-order valence-corrected chi connectivity index (χ0v) is 12.4. The van der Waals surface area contributed by atoms with E-state index < -0.39 is 0 Å². The summed E-state index contributed by atoms with van der Waals surface area (Å²) in [6.07, 6.45) is 2.26. The summed E-state index contributed by atoms with van der Waals surface area (Å²) in [5.74, 6) is 0.724. The molecular formula is C15H22ClNO2. The average Bonchev–Trinajstić information content (AvgIpc) is 2.39. The Morgan fingerprint density at radius 3 is 2.74 bits per heavy atom. The molecule has 0 bridgehead atoms. The van der Waals surface area contributed by atoms with Gasteiger partial charge in [0.15, 0.2) is 0 Å². The van der Waals surface area contributed by atoms with Crippen LogP contribution in [0.3, 0.4) is 0 Å². The summed E-state index contributed by atoms with van der Waals surface area (Å²) in [5.41, 5.74) is 1.54. The third kappa shape index (κ3) is 4.10. The Morgan fingerprint density at radius 2 is 2.11 bits per heavy atom. The number of methoxy groups -OCH3 is 1. The van der Waals surface area contributed by atoms with Gasteiger partial charge >= 0.3 is 0 Å². The molecule has 1 aromatic rings. The summed E-state index contributed by atoms with van der Waals surface area (Å²) < 4.78 is 10.6. The van der Waals surface area contributed by atoms with Crippen molar-refractivity contribution in [3.63, 3.8) is 0 Å². The number of halogens is 1. The summed E-state index contributed by atoms with van der Waals surface area (Å²) in [7, 11) is 1.63. The minimum Gasteiger partial charge on any atom is -0.495 e. The lowest BCUT2D eigenvalue weighted by Crippen LogP contribution is -2.36. The monoisotopic (exact) mass is 283 g/mol.